The Morgan fingerprint density at radius 3 is 2.72 bits per heavy atom. The summed E-state index contributed by atoms with van der Waals surface area (Å²) in [4.78, 5) is 21.8. The zero-order chi connectivity index (χ0) is 13.5. The highest BCUT2D eigenvalue weighted by Crippen LogP contribution is 2.19. The van der Waals surface area contributed by atoms with Gasteiger partial charge in [0.2, 0.25) is 5.91 Å². The number of benzene rings is 1. The van der Waals surface area contributed by atoms with Gasteiger partial charge in [0.25, 0.3) is 5.91 Å². The molecule has 5 heteroatoms. The van der Waals surface area contributed by atoms with E-state index in [1.54, 1.807) is 6.07 Å². The summed E-state index contributed by atoms with van der Waals surface area (Å²) in [5.74, 6) is 0.0848. The molecule has 0 saturated heterocycles. The molecule has 0 aliphatic heterocycles. The monoisotopic (exact) mass is 250 g/mol. The van der Waals surface area contributed by atoms with Crippen molar-refractivity contribution in [3.05, 3.63) is 29.8 Å². The molecule has 98 valence electrons. The third-order valence-electron chi connectivity index (χ3n) is 2.35. The van der Waals surface area contributed by atoms with Crippen LogP contribution in [-0.2, 0) is 9.59 Å². The highest BCUT2D eigenvalue weighted by atomic mass is 16.5. The predicted octanol–water partition coefficient (Wildman–Crippen LogP) is 0.790. The lowest BCUT2D eigenvalue weighted by molar-refractivity contribution is -0.126. The van der Waals surface area contributed by atoms with Gasteiger partial charge in [0.1, 0.15) is 5.75 Å². The molecule has 1 rings (SSSR count). The zero-order valence-corrected chi connectivity index (χ0v) is 10.6. The lowest BCUT2D eigenvalue weighted by atomic mass is 10.0. The largest absolute Gasteiger partial charge is 0.484 e. The normalized spacial score (nSPS) is 10.2. The predicted molar refractivity (Wildman–Crippen MR) is 68.2 cm³/mol. The van der Waals surface area contributed by atoms with Gasteiger partial charge < -0.3 is 15.8 Å². The van der Waals surface area contributed by atoms with Crippen molar-refractivity contribution in [3.63, 3.8) is 0 Å². The van der Waals surface area contributed by atoms with Crippen LogP contribution in [0, 0.1) is 0 Å². The number of hydrogen-bond donors (Lipinski definition) is 2. The van der Waals surface area contributed by atoms with Gasteiger partial charge in [0.15, 0.2) is 6.61 Å². The second kappa shape index (κ2) is 6.64. The van der Waals surface area contributed by atoms with Crippen LogP contribution in [0.15, 0.2) is 24.3 Å². The lowest BCUT2D eigenvalue weighted by Gasteiger charge is -2.09. The van der Waals surface area contributed by atoms with Crippen LogP contribution in [0.25, 0.3) is 0 Å². The number of nitrogens with one attached hydrogen (secondary N) is 1. The number of carbonyl (C=O) groups excluding carboxylic acids is 2. The molecule has 1 aromatic rings. The first-order valence-corrected chi connectivity index (χ1v) is 5.77. The minimum atomic E-state index is -0.579. The number of primary amides is 1. The lowest BCUT2D eigenvalue weighted by Crippen LogP contribution is -2.36. The quantitative estimate of drug-likeness (QED) is 0.783. The molecular formula is C13H18N2O3. The number of amides is 2. The van der Waals surface area contributed by atoms with E-state index >= 15 is 0 Å². The van der Waals surface area contributed by atoms with Crippen LogP contribution in [0.4, 0.5) is 0 Å². The van der Waals surface area contributed by atoms with Crippen molar-refractivity contribution in [2.75, 3.05) is 13.2 Å². The van der Waals surface area contributed by atoms with Crippen molar-refractivity contribution in [2.45, 2.75) is 19.8 Å². The van der Waals surface area contributed by atoms with Crippen molar-refractivity contribution < 1.29 is 14.3 Å². The van der Waals surface area contributed by atoms with Gasteiger partial charge >= 0.3 is 0 Å². The number of rotatable bonds is 6. The van der Waals surface area contributed by atoms with Crippen LogP contribution in [0.3, 0.4) is 0 Å². The second-order valence-electron chi connectivity index (χ2n) is 4.26. The molecule has 0 spiro atoms. The first kappa shape index (κ1) is 14.0. The summed E-state index contributed by atoms with van der Waals surface area (Å²) >= 11 is 0. The Bertz CT molecular complexity index is 430. The van der Waals surface area contributed by atoms with E-state index in [2.05, 4.69) is 19.2 Å². The van der Waals surface area contributed by atoms with Crippen molar-refractivity contribution in [2.24, 2.45) is 5.73 Å². The molecule has 0 aromatic heterocycles. The molecule has 0 radical (unpaired) electrons. The van der Waals surface area contributed by atoms with Gasteiger partial charge in [-0.15, -0.1) is 0 Å². The molecule has 2 amide bonds. The maximum absolute atomic E-state index is 11.3. The third kappa shape index (κ3) is 4.86. The maximum atomic E-state index is 11.3. The van der Waals surface area contributed by atoms with E-state index in [0.29, 0.717) is 11.7 Å². The number of nitrogens with two attached hydrogens (primary N) is 1. The highest BCUT2D eigenvalue weighted by molar-refractivity contribution is 5.84. The van der Waals surface area contributed by atoms with E-state index in [1.165, 1.54) is 0 Å². The Hall–Kier alpha value is -2.04. The fourth-order valence-corrected chi connectivity index (χ4v) is 1.35. The topological polar surface area (TPSA) is 81.4 Å². The molecule has 5 nitrogen and oxygen atoms in total. The van der Waals surface area contributed by atoms with E-state index in [1.807, 2.05) is 18.2 Å². The second-order valence-corrected chi connectivity index (χ2v) is 4.26. The van der Waals surface area contributed by atoms with E-state index < -0.39 is 5.91 Å². The molecule has 3 N–H and O–H groups in total. The molecule has 1 aromatic carbocycles. The molecular weight excluding hydrogens is 232 g/mol. The van der Waals surface area contributed by atoms with Gasteiger partial charge in [-0.1, -0.05) is 26.0 Å². The zero-order valence-electron chi connectivity index (χ0n) is 10.6. The van der Waals surface area contributed by atoms with Crippen LogP contribution in [0.2, 0.25) is 0 Å². The van der Waals surface area contributed by atoms with Crippen molar-refractivity contribution in [1.29, 1.82) is 0 Å². The Balaban J connectivity index is 2.45. The third-order valence-corrected chi connectivity index (χ3v) is 2.35. The maximum Gasteiger partial charge on any atom is 0.258 e. The SMILES string of the molecule is CC(C)c1cccc(OCC(=O)NCC(N)=O)c1. The van der Waals surface area contributed by atoms with Crippen molar-refractivity contribution in [1.82, 2.24) is 5.32 Å². The Kier molecular flexibility index (Phi) is 5.17. The van der Waals surface area contributed by atoms with Gasteiger partial charge in [0, 0.05) is 0 Å². The number of ether oxygens (including phenoxy) is 1. The van der Waals surface area contributed by atoms with E-state index in [0.717, 1.165) is 5.56 Å². The molecule has 0 saturated carbocycles. The van der Waals surface area contributed by atoms with Gasteiger partial charge in [-0.25, -0.2) is 0 Å². The van der Waals surface area contributed by atoms with Crippen LogP contribution in [-0.4, -0.2) is 25.0 Å². The van der Waals surface area contributed by atoms with Gasteiger partial charge in [0.05, 0.1) is 6.54 Å². The van der Waals surface area contributed by atoms with E-state index in [4.69, 9.17) is 10.5 Å². The summed E-state index contributed by atoms with van der Waals surface area (Å²) in [6.45, 7) is 3.86. The molecule has 0 unspecified atom stereocenters. The first-order valence-electron chi connectivity index (χ1n) is 5.77. The summed E-state index contributed by atoms with van der Waals surface area (Å²) in [5.41, 5.74) is 6.05. The number of hydrogen-bond acceptors (Lipinski definition) is 3. The molecule has 0 fully saturated rings. The summed E-state index contributed by atoms with van der Waals surface area (Å²) in [6.07, 6.45) is 0. The van der Waals surface area contributed by atoms with Gasteiger partial charge in [-0.2, -0.15) is 0 Å². The van der Waals surface area contributed by atoms with Gasteiger partial charge in [-0.05, 0) is 23.6 Å². The van der Waals surface area contributed by atoms with Crippen LogP contribution in [0.1, 0.15) is 25.3 Å². The first-order chi connectivity index (χ1) is 8.49. The van der Waals surface area contributed by atoms with Gasteiger partial charge in [-0.3, -0.25) is 9.59 Å². The van der Waals surface area contributed by atoms with Crippen molar-refractivity contribution >= 4 is 11.8 Å². The Morgan fingerprint density at radius 1 is 1.39 bits per heavy atom. The van der Waals surface area contributed by atoms with E-state index in [-0.39, 0.29) is 19.1 Å². The van der Waals surface area contributed by atoms with E-state index in [9.17, 15) is 9.59 Å². The molecule has 0 heterocycles. The Morgan fingerprint density at radius 2 is 2.11 bits per heavy atom. The van der Waals surface area contributed by atoms with Crippen LogP contribution < -0.4 is 15.8 Å². The molecule has 0 aliphatic rings. The molecule has 18 heavy (non-hydrogen) atoms. The Labute approximate surface area is 106 Å². The molecule has 0 aliphatic carbocycles. The standard InChI is InChI=1S/C13H18N2O3/c1-9(2)10-4-3-5-11(6-10)18-8-13(17)15-7-12(14)16/h3-6,9H,7-8H2,1-2H3,(H2,14,16)(H,15,17). The number of carbonyl (C=O) groups is 2. The van der Waals surface area contributed by atoms with Crippen molar-refractivity contribution in [3.8, 4) is 5.75 Å². The highest BCUT2D eigenvalue weighted by Gasteiger charge is 2.05. The average Bonchev–Trinajstić information content (AvgIpc) is 2.34. The summed E-state index contributed by atoms with van der Waals surface area (Å²) in [6, 6.07) is 7.57. The summed E-state index contributed by atoms with van der Waals surface area (Å²) < 4.78 is 5.33. The minimum absolute atomic E-state index is 0.130. The fraction of sp³-hybridized carbons (Fsp3) is 0.385. The molecule has 0 bridgehead atoms. The molecule has 0 atom stereocenters. The van der Waals surface area contributed by atoms with Crippen LogP contribution >= 0.6 is 0 Å². The summed E-state index contributed by atoms with van der Waals surface area (Å²) in [5, 5.41) is 2.35. The fourth-order valence-electron chi connectivity index (χ4n) is 1.35. The minimum Gasteiger partial charge on any atom is -0.484 e. The smallest absolute Gasteiger partial charge is 0.258 e. The van der Waals surface area contributed by atoms with Crippen LogP contribution in [0.5, 0.6) is 5.75 Å². The summed E-state index contributed by atoms with van der Waals surface area (Å²) in [7, 11) is 0. The average molecular weight is 250 g/mol.